The summed E-state index contributed by atoms with van der Waals surface area (Å²) < 4.78 is 47.8. The van der Waals surface area contributed by atoms with Crippen molar-refractivity contribution >= 4 is 18.5 Å². The average molecular weight is 855 g/mol. The topological polar surface area (TPSA) is 102 Å². The van der Waals surface area contributed by atoms with Crippen molar-refractivity contribution in [1.82, 2.24) is 0 Å². The van der Waals surface area contributed by atoms with Crippen molar-refractivity contribution in [2.75, 3.05) is 6.61 Å². The molecule has 324 valence electrons. The number of hydrogen-bond donors (Lipinski definition) is 0. The summed E-state index contributed by atoms with van der Waals surface area (Å²) in [5, 5.41) is 0. The minimum Gasteiger partial charge on any atom is -0.416 e. The van der Waals surface area contributed by atoms with Crippen LogP contribution in [0, 0.1) is 53.3 Å². The van der Waals surface area contributed by atoms with Gasteiger partial charge in [-0.1, -0.05) is 64.1 Å². The molecule has 0 N–H and O–H groups in total. The highest BCUT2D eigenvalue weighted by Crippen LogP contribution is 2.63. The van der Waals surface area contributed by atoms with Crippen LogP contribution in [0.1, 0.15) is 106 Å². The van der Waals surface area contributed by atoms with Gasteiger partial charge in [0.1, 0.15) is 11.5 Å². The Hall–Kier alpha value is -1.67. The number of hydrogen-bond acceptors (Lipinski definition) is 12. The van der Waals surface area contributed by atoms with Crippen LogP contribution in [-0.4, -0.2) is 54.2 Å². The van der Waals surface area contributed by atoms with E-state index in [2.05, 4.69) is 27.7 Å². The fraction of sp³-hybridized carbons (Fsp3) is 0.739. The predicted octanol–water partition coefficient (Wildman–Crippen LogP) is 10.3. The Bertz CT molecular complexity index is 1730. The van der Waals surface area contributed by atoms with Crippen LogP contribution in [0.5, 0.6) is 11.5 Å². The Labute approximate surface area is 354 Å². The number of benzene rings is 2. The van der Waals surface area contributed by atoms with Gasteiger partial charge < -0.3 is 28.0 Å². The van der Waals surface area contributed by atoms with Crippen LogP contribution >= 0.6 is 6.72 Å². The molecule has 8 heterocycles. The van der Waals surface area contributed by atoms with E-state index in [1.807, 2.05) is 74.5 Å². The monoisotopic (exact) mass is 854 g/mol. The van der Waals surface area contributed by atoms with Crippen molar-refractivity contribution < 1.29 is 52.1 Å². The van der Waals surface area contributed by atoms with Gasteiger partial charge in [-0.3, -0.25) is 4.52 Å². The van der Waals surface area contributed by atoms with E-state index in [9.17, 15) is 0 Å². The molecule has 16 atom stereocenters. The molecular formula is C46H63O11PS. The van der Waals surface area contributed by atoms with Gasteiger partial charge in [-0.15, -0.1) is 0 Å². The summed E-state index contributed by atoms with van der Waals surface area (Å²) in [6, 6.07) is 19.1. The number of fused-ring (bicyclic) bond motifs is 4. The largest absolute Gasteiger partial charge is 0.434 e. The van der Waals surface area contributed by atoms with Gasteiger partial charge in [0.25, 0.3) is 0 Å². The van der Waals surface area contributed by atoms with Crippen molar-refractivity contribution in [1.29, 1.82) is 0 Å². The number of rotatable bonds is 11. The Morgan fingerprint density at radius 3 is 1.49 bits per heavy atom. The van der Waals surface area contributed by atoms with Gasteiger partial charge >= 0.3 is 6.72 Å². The minimum atomic E-state index is -3.37. The molecule has 10 fully saturated rings. The average Bonchev–Trinajstić information content (AvgIpc) is 3.59. The third kappa shape index (κ3) is 7.17. The van der Waals surface area contributed by atoms with Crippen LogP contribution in [0.25, 0.3) is 0 Å². The van der Waals surface area contributed by atoms with E-state index >= 15 is 0 Å². The van der Waals surface area contributed by atoms with Crippen molar-refractivity contribution in [3.05, 3.63) is 60.7 Å². The highest BCUT2D eigenvalue weighted by atomic mass is 32.5. The van der Waals surface area contributed by atoms with Gasteiger partial charge in [0.15, 0.2) is 23.8 Å². The molecule has 2 aromatic rings. The van der Waals surface area contributed by atoms with Crippen LogP contribution in [0.3, 0.4) is 0 Å². The summed E-state index contributed by atoms with van der Waals surface area (Å²) in [6.45, 7) is 10.3. The third-order valence-electron chi connectivity index (χ3n) is 16.1. The molecule has 8 aliphatic heterocycles. The maximum Gasteiger partial charge on any atom is 0.434 e. The zero-order valence-electron chi connectivity index (χ0n) is 35.4. The first kappa shape index (κ1) is 41.3. The molecule has 4 bridgehead atoms. The van der Waals surface area contributed by atoms with Crippen molar-refractivity contribution in [2.45, 2.75) is 153 Å². The van der Waals surface area contributed by atoms with Crippen LogP contribution in [0.4, 0.5) is 0 Å². The van der Waals surface area contributed by atoms with Crippen LogP contribution in [0.15, 0.2) is 60.7 Å². The molecule has 2 aromatic carbocycles. The molecule has 8 saturated heterocycles. The van der Waals surface area contributed by atoms with Gasteiger partial charge in [0.2, 0.25) is 11.6 Å². The summed E-state index contributed by atoms with van der Waals surface area (Å²) in [6.07, 6.45) is 7.93. The van der Waals surface area contributed by atoms with Gasteiger partial charge in [0, 0.05) is 36.5 Å². The Morgan fingerprint density at radius 2 is 1.05 bits per heavy atom. The summed E-state index contributed by atoms with van der Waals surface area (Å²) in [5.74, 6) is 1.77. The van der Waals surface area contributed by atoms with Crippen molar-refractivity contribution in [2.24, 2.45) is 53.3 Å². The molecule has 2 saturated carbocycles. The maximum absolute atomic E-state index is 7.19. The lowest BCUT2D eigenvalue weighted by Crippen LogP contribution is -2.70. The number of ether oxygens (including phenoxy) is 4. The zero-order chi connectivity index (χ0) is 40.8. The second-order valence-corrected chi connectivity index (χ2v) is 22.6. The van der Waals surface area contributed by atoms with E-state index in [-0.39, 0.29) is 48.4 Å². The summed E-state index contributed by atoms with van der Waals surface area (Å²) >= 11 is 6.24. The first-order valence-electron chi connectivity index (χ1n) is 22.5. The Balaban J connectivity index is 0.963. The summed E-state index contributed by atoms with van der Waals surface area (Å²) in [7, 11) is 0. The molecule has 2 aliphatic carbocycles. The predicted molar refractivity (Wildman–Crippen MR) is 221 cm³/mol. The SMILES string of the molecule is C[C@H]1[C@@H](CC(COP(=S)(Oc2ccccc2)Oc2ccccc2)C[C@H]2O[C@@H]3O[C@]4(C)CC[C@H]5[C@H](C)CC[C@@H]([C@H]2C)[C@@]35OO4)O[C@@H]2O[C@]3(C)CC[C@H]4[C@H](C)CC[C@@H]1[C@@]24OO3. The lowest BCUT2D eigenvalue weighted by Gasteiger charge is -2.61. The molecule has 2 spiro atoms. The van der Waals surface area contributed by atoms with E-state index in [1.165, 1.54) is 0 Å². The molecule has 59 heavy (non-hydrogen) atoms. The van der Waals surface area contributed by atoms with Gasteiger partial charge in [-0.2, -0.15) is 0 Å². The smallest absolute Gasteiger partial charge is 0.416 e. The molecule has 13 heteroatoms. The van der Waals surface area contributed by atoms with E-state index < -0.39 is 42.1 Å². The van der Waals surface area contributed by atoms with Crippen LogP contribution < -0.4 is 9.05 Å². The van der Waals surface area contributed by atoms with Crippen molar-refractivity contribution in [3.8, 4) is 11.5 Å². The molecule has 0 unspecified atom stereocenters. The summed E-state index contributed by atoms with van der Waals surface area (Å²) in [5.41, 5.74) is -1.27. The Morgan fingerprint density at radius 1 is 0.610 bits per heavy atom. The molecule has 11 nitrogen and oxygen atoms in total. The normalized spacial score (nSPS) is 46.6. The van der Waals surface area contributed by atoms with E-state index in [0.717, 1.165) is 51.4 Å². The summed E-state index contributed by atoms with van der Waals surface area (Å²) in [4.78, 5) is 25.3. The molecule has 0 radical (unpaired) electrons. The fourth-order valence-electron chi connectivity index (χ4n) is 12.9. The van der Waals surface area contributed by atoms with Crippen LogP contribution in [-0.2, 0) is 54.8 Å². The minimum absolute atomic E-state index is 0.0536. The molecular weight excluding hydrogens is 792 g/mol. The standard InChI is InChI=1S/C46H63O11PS/c1-28-17-19-37-30(3)39(48-41-45(37)35(28)21-23-43(5,50-41)54-56-45)25-32(27-47-58(59,52-33-13-9-7-10-14-33)53-34-15-11-8-12-16-34)26-40-31(4)38-20-18-29(2)36-22-24-44(6)51-42(49-40)46(36,38)57-55-44/h7-16,28-32,35-42H,17-27H2,1-6H3/t28-,29-,30-,31-,35+,36+,37+,38+,39-,40-,41-,42-,43+,44+,45-,46-/m1/s1. The molecule has 0 aromatic heterocycles. The van der Waals surface area contributed by atoms with Gasteiger partial charge in [-0.05, 0) is 131 Å². The second kappa shape index (κ2) is 15.5. The third-order valence-corrected chi connectivity index (χ3v) is 18.2. The van der Waals surface area contributed by atoms with Crippen LogP contribution in [0.2, 0.25) is 0 Å². The lowest BCUT2D eigenvalue weighted by molar-refractivity contribution is -0.571. The first-order valence-corrected chi connectivity index (χ1v) is 25.0. The molecule has 10 aliphatic rings. The number of para-hydroxylation sites is 2. The maximum atomic E-state index is 7.19. The van der Waals surface area contributed by atoms with Crippen molar-refractivity contribution in [3.63, 3.8) is 0 Å². The molecule has 12 rings (SSSR count). The zero-order valence-corrected chi connectivity index (χ0v) is 37.1. The first-order chi connectivity index (χ1) is 28.3. The van der Waals surface area contributed by atoms with Gasteiger partial charge in [-0.25, -0.2) is 19.6 Å². The quantitative estimate of drug-likeness (QED) is 0.159. The highest BCUT2D eigenvalue weighted by Gasteiger charge is 2.71. The van der Waals surface area contributed by atoms with Gasteiger partial charge in [0.05, 0.1) is 18.8 Å². The molecule has 0 amide bonds. The van der Waals surface area contributed by atoms with E-state index in [4.69, 9.17) is 63.9 Å². The van der Waals surface area contributed by atoms with E-state index in [0.29, 0.717) is 48.0 Å². The second-order valence-electron chi connectivity index (χ2n) is 19.8. The van der Waals surface area contributed by atoms with E-state index in [1.54, 1.807) is 0 Å². The highest BCUT2D eigenvalue weighted by molar-refractivity contribution is 8.07. The fourth-order valence-corrected chi connectivity index (χ4v) is 14.9. The Kier molecular flexibility index (Phi) is 10.9. The lowest BCUT2D eigenvalue weighted by atomic mass is 9.56.